The lowest BCUT2D eigenvalue weighted by atomic mass is 9.95. The van der Waals surface area contributed by atoms with Gasteiger partial charge in [0.2, 0.25) is 15.9 Å². The van der Waals surface area contributed by atoms with Crippen LogP contribution in [0.3, 0.4) is 0 Å². The number of nitrogens with one attached hydrogen (secondary N) is 2. The number of carbonyl (C=O) groups is 1. The number of hydrogen-bond acceptors (Lipinski definition) is 4. The molecule has 0 saturated heterocycles. The van der Waals surface area contributed by atoms with Crippen molar-refractivity contribution in [2.24, 2.45) is 5.73 Å². The minimum Gasteiger partial charge on any atom is -0.352 e. The first-order valence-corrected chi connectivity index (χ1v) is 11.4. The maximum atomic E-state index is 13.1. The van der Waals surface area contributed by atoms with E-state index in [-0.39, 0.29) is 29.8 Å². The Kier molecular flexibility index (Phi) is 6.69. The number of aryl methyl sites for hydroxylation is 1. The third-order valence-corrected chi connectivity index (χ3v) is 6.94. The molecule has 1 aliphatic rings. The summed E-state index contributed by atoms with van der Waals surface area (Å²) >= 11 is 0. The summed E-state index contributed by atoms with van der Waals surface area (Å²) in [4.78, 5) is 12.9. The molecule has 1 fully saturated rings. The van der Waals surface area contributed by atoms with E-state index in [0.29, 0.717) is 5.39 Å². The summed E-state index contributed by atoms with van der Waals surface area (Å²) in [6.45, 7) is 2.17. The number of hydrogen-bond donors (Lipinski definition) is 3. The van der Waals surface area contributed by atoms with Crippen molar-refractivity contribution in [3.63, 3.8) is 0 Å². The Balaban J connectivity index is 1.84. The van der Waals surface area contributed by atoms with Crippen LogP contribution >= 0.6 is 0 Å². The fourth-order valence-corrected chi connectivity index (χ4v) is 5.31. The zero-order chi connectivity index (χ0) is 20.1. The molecule has 0 bridgehead atoms. The van der Waals surface area contributed by atoms with Crippen molar-refractivity contribution in [2.75, 3.05) is 6.54 Å². The number of nitrogens with two attached hydrogens (primary N) is 1. The van der Waals surface area contributed by atoms with Gasteiger partial charge in [0.15, 0.2) is 0 Å². The molecule has 1 aliphatic carbocycles. The molecule has 1 amide bonds. The van der Waals surface area contributed by atoms with Crippen LogP contribution in [0.1, 0.15) is 44.1 Å². The van der Waals surface area contributed by atoms with Gasteiger partial charge in [-0.15, -0.1) is 0 Å². The first-order chi connectivity index (χ1) is 13.4. The molecule has 28 heavy (non-hydrogen) atoms. The van der Waals surface area contributed by atoms with Crippen LogP contribution in [0.2, 0.25) is 0 Å². The summed E-state index contributed by atoms with van der Waals surface area (Å²) in [5.74, 6) is -0.294. The van der Waals surface area contributed by atoms with Crippen molar-refractivity contribution >= 4 is 26.7 Å². The fraction of sp³-hybridized carbons (Fsp3) is 0.476. The number of fused-ring (bicyclic) bond motifs is 1. The normalized spacial score (nSPS) is 16.8. The molecule has 1 unspecified atom stereocenters. The molecule has 4 N–H and O–H groups in total. The molecule has 1 atom stereocenters. The van der Waals surface area contributed by atoms with Gasteiger partial charge in [0.05, 0.1) is 4.90 Å². The molecule has 0 radical (unpaired) electrons. The zero-order valence-electron chi connectivity index (χ0n) is 16.3. The molecular formula is C21H29N3O3S. The quantitative estimate of drug-likeness (QED) is 0.661. The van der Waals surface area contributed by atoms with Crippen LogP contribution in [0, 0.1) is 6.92 Å². The first kappa shape index (κ1) is 20.8. The van der Waals surface area contributed by atoms with E-state index < -0.39 is 16.1 Å². The average molecular weight is 404 g/mol. The molecule has 0 spiro atoms. The highest BCUT2D eigenvalue weighted by atomic mass is 32.2. The van der Waals surface area contributed by atoms with Gasteiger partial charge in [0.1, 0.15) is 6.04 Å². The van der Waals surface area contributed by atoms with Crippen LogP contribution < -0.4 is 15.8 Å². The smallest absolute Gasteiger partial charge is 0.241 e. The lowest BCUT2D eigenvalue weighted by Gasteiger charge is -2.26. The van der Waals surface area contributed by atoms with Gasteiger partial charge < -0.3 is 11.1 Å². The Bertz CT molecular complexity index is 937. The van der Waals surface area contributed by atoms with E-state index in [0.717, 1.165) is 36.6 Å². The van der Waals surface area contributed by atoms with E-state index in [1.54, 1.807) is 18.2 Å². The van der Waals surface area contributed by atoms with Gasteiger partial charge in [-0.05, 0) is 49.7 Å². The van der Waals surface area contributed by atoms with E-state index in [4.69, 9.17) is 5.73 Å². The summed E-state index contributed by atoms with van der Waals surface area (Å²) in [5.41, 5.74) is 6.66. The second-order valence-electron chi connectivity index (χ2n) is 7.52. The molecular weight excluding hydrogens is 374 g/mol. The van der Waals surface area contributed by atoms with Crippen molar-refractivity contribution < 1.29 is 13.2 Å². The van der Waals surface area contributed by atoms with Gasteiger partial charge in [-0.25, -0.2) is 8.42 Å². The van der Waals surface area contributed by atoms with Crippen LogP contribution in [0.5, 0.6) is 0 Å². The van der Waals surface area contributed by atoms with Crippen LogP contribution in [0.25, 0.3) is 10.8 Å². The maximum absolute atomic E-state index is 13.1. The van der Waals surface area contributed by atoms with Crippen molar-refractivity contribution in [3.8, 4) is 0 Å². The Labute approximate surface area is 166 Å². The molecule has 6 nitrogen and oxygen atoms in total. The molecule has 0 heterocycles. The summed E-state index contributed by atoms with van der Waals surface area (Å²) in [6, 6.07) is 10.0. The fourth-order valence-electron chi connectivity index (χ4n) is 3.87. The highest BCUT2D eigenvalue weighted by molar-refractivity contribution is 7.89. The second kappa shape index (κ2) is 9.03. The predicted molar refractivity (Wildman–Crippen MR) is 111 cm³/mol. The molecule has 2 aromatic rings. The minimum absolute atomic E-state index is 0.117. The van der Waals surface area contributed by atoms with Crippen molar-refractivity contribution in [3.05, 3.63) is 42.0 Å². The number of benzene rings is 2. The topological polar surface area (TPSA) is 101 Å². The van der Waals surface area contributed by atoms with E-state index in [2.05, 4.69) is 10.0 Å². The molecule has 0 aromatic heterocycles. The maximum Gasteiger partial charge on any atom is 0.241 e. The Morgan fingerprint density at radius 2 is 1.79 bits per heavy atom. The molecule has 3 rings (SSSR count). The van der Waals surface area contributed by atoms with Gasteiger partial charge in [0, 0.05) is 11.4 Å². The van der Waals surface area contributed by atoms with Crippen LogP contribution in [-0.2, 0) is 14.8 Å². The minimum atomic E-state index is -3.88. The van der Waals surface area contributed by atoms with Crippen LogP contribution in [0.15, 0.2) is 41.3 Å². The lowest BCUT2D eigenvalue weighted by Crippen LogP contribution is -2.50. The molecule has 0 aliphatic heterocycles. The van der Waals surface area contributed by atoms with Gasteiger partial charge >= 0.3 is 0 Å². The lowest BCUT2D eigenvalue weighted by molar-refractivity contribution is -0.123. The summed E-state index contributed by atoms with van der Waals surface area (Å²) in [7, 11) is -3.88. The van der Waals surface area contributed by atoms with Gasteiger partial charge in [-0.2, -0.15) is 4.72 Å². The Hall–Kier alpha value is -1.96. The SMILES string of the molecule is Cc1ccc(S(=O)(=O)NC(CCN)C(=O)NC2CCCCC2)c2ccccc12. The summed E-state index contributed by atoms with van der Waals surface area (Å²) < 4.78 is 28.8. The zero-order valence-corrected chi connectivity index (χ0v) is 17.1. The standard InChI is InChI=1S/C21H29N3O3S/c1-15-11-12-20(18-10-6-5-9-17(15)18)28(26,27)24-19(13-14-22)21(25)23-16-7-3-2-4-8-16/h5-6,9-12,16,19,24H,2-4,7-8,13-14,22H2,1H3,(H,23,25). The van der Waals surface area contributed by atoms with E-state index >= 15 is 0 Å². The van der Waals surface area contributed by atoms with E-state index in [1.165, 1.54) is 6.42 Å². The third kappa shape index (κ3) is 4.71. The number of rotatable bonds is 7. The molecule has 7 heteroatoms. The van der Waals surface area contributed by atoms with E-state index in [1.807, 2.05) is 25.1 Å². The van der Waals surface area contributed by atoms with E-state index in [9.17, 15) is 13.2 Å². The van der Waals surface area contributed by atoms with Gasteiger partial charge in [-0.1, -0.05) is 49.6 Å². The van der Waals surface area contributed by atoms with Crippen LogP contribution in [-0.4, -0.2) is 33.0 Å². The largest absolute Gasteiger partial charge is 0.352 e. The highest BCUT2D eigenvalue weighted by Crippen LogP contribution is 2.26. The predicted octanol–water partition coefficient (Wildman–Crippen LogP) is 2.59. The third-order valence-electron chi connectivity index (χ3n) is 5.41. The van der Waals surface area contributed by atoms with Gasteiger partial charge in [-0.3, -0.25) is 4.79 Å². The number of carbonyl (C=O) groups excluding carboxylic acids is 1. The molecule has 2 aromatic carbocycles. The van der Waals surface area contributed by atoms with Gasteiger partial charge in [0.25, 0.3) is 0 Å². The second-order valence-corrected chi connectivity index (χ2v) is 9.20. The Morgan fingerprint density at radius 3 is 2.46 bits per heavy atom. The molecule has 152 valence electrons. The molecule has 1 saturated carbocycles. The average Bonchev–Trinajstić information content (AvgIpc) is 2.68. The van der Waals surface area contributed by atoms with Crippen molar-refractivity contribution in [1.82, 2.24) is 10.0 Å². The summed E-state index contributed by atoms with van der Waals surface area (Å²) in [6.07, 6.45) is 5.50. The monoisotopic (exact) mass is 403 g/mol. The Morgan fingerprint density at radius 1 is 1.11 bits per heavy atom. The first-order valence-electron chi connectivity index (χ1n) is 9.93. The number of amides is 1. The van der Waals surface area contributed by atoms with Crippen LogP contribution in [0.4, 0.5) is 0 Å². The number of sulfonamides is 1. The highest BCUT2D eigenvalue weighted by Gasteiger charge is 2.28. The van der Waals surface area contributed by atoms with Crippen molar-refractivity contribution in [2.45, 2.75) is 62.4 Å². The summed E-state index contributed by atoms with van der Waals surface area (Å²) in [5, 5.41) is 4.53. The van der Waals surface area contributed by atoms with Crippen molar-refractivity contribution in [1.29, 1.82) is 0 Å².